The predicted molar refractivity (Wildman–Crippen MR) is 87.6 cm³/mol. The van der Waals surface area contributed by atoms with Gasteiger partial charge in [-0.1, -0.05) is 0 Å². The first-order valence-electron chi connectivity index (χ1n) is 8.40. The molecule has 0 spiro atoms. The summed E-state index contributed by atoms with van der Waals surface area (Å²) >= 11 is 0. The van der Waals surface area contributed by atoms with Crippen LogP contribution in [0.15, 0.2) is 36.8 Å². The molecule has 144 valence electrons. The van der Waals surface area contributed by atoms with Crippen molar-refractivity contribution in [2.45, 2.75) is 19.0 Å². The van der Waals surface area contributed by atoms with Gasteiger partial charge in [-0.3, -0.25) is 9.78 Å². The van der Waals surface area contributed by atoms with Crippen LogP contribution < -0.4 is 4.74 Å². The summed E-state index contributed by atoms with van der Waals surface area (Å²) in [6, 6.07) is 3.46. The summed E-state index contributed by atoms with van der Waals surface area (Å²) in [4.78, 5) is 21.2. The van der Waals surface area contributed by atoms with Crippen molar-refractivity contribution in [1.29, 1.82) is 0 Å². The summed E-state index contributed by atoms with van der Waals surface area (Å²) in [5.74, 6) is -1.55. The molecular formula is C18H17F4N3O2. The SMILES string of the molecule is O=C(c1ccncc1F)N1CCC(COc2ncccc2C(F)(F)F)CC1. The number of hydrogen-bond donors (Lipinski definition) is 0. The van der Waals surface area contributed by atoms with E-state index < -0.39 is 29.3 Å². The highest BCUT2D eigenvalue weighted by molar-refractivity contribution is 5.94. The standard InChI is InChI=1S/C18H17F4N3O2/c19-15-10-23-7-3-13(15)17(26)25-8-4-12(5-9-25)11-27-16-14(18(20,21)22)2-1-6-24-16/h1-3,6-7,10,12H,4-5,8-9,11H2. The first-order valence-corrected chi connectivity index (χ1v) is 8.40. The van der Waals surface area contributed by atoms with Crippen LogP contribution in [0.2, 0.25) is 0 Å². The zero-order valence-electron chi connectivity index (χ0n) is 14.2. The van der Waals surface area contributed by atoms with Crippen molar-refractivity contribution in [3.05, 3.63) is 53.7 Å². The first kappa shape index (κ1) is 19.1. The third kappa shape index (κ3) is 4.53. The highest BCUT2D eigenvalue weighted by Gasteiger charge is 2.35. The van der Waals surface area contributed by atoms with Crippen molar-refractivity contribution < 1.29 is 27.1 Å². The maximum absolute atomic E-state index is 13.7. The van der Waals surface area contributed by atoms with Gasteiger partial charge < -0.3 is 9.64 Å². The van der Waals surface area contributed by atoms with Gasteiger partial charge in [-0.05, 0) is 37.0 Å². The third-order valence-corrected chi connectivity index (χ3v) is 4.44. The van der Waals surface area contributed by atoms with Crippen LogP contribution in [0.1, 0.15) is 28.8 Å². The van der Waals surface area contributed by atoms with Gasteiger partial charge in [-0.25, -0.2) is 9.37 Å². The van der Waals surface area contributed by atoms with E-state index in [1.807, 2.05) is 0 Å². The minimum absolute atomic E-state index is 0.0144. The molecule has 0 N–H and O–H groups in total. The number of ether oxygens (including phenoxy) is 1. The average Bonchev–Trinajstić information content (AvgIpc) is 2.66. The molecule has 1 aliphatic rings. The molecular weight excluding hydrogens is 366 g/mol. The number of carbonyl (C=O) groups is 1. The van der Waals surface area contributed by atoms with E-state index in [-0.39, 0.29) is 18.1 Å². The topological polar surface area (TPSA) is 55.3 Å². The van der Waals surface area contributed by atoms with Gasteiger partial charge in [0.25, 0.3) is 5.91 Å². The largest absolute Gasteiger partial charge is 0.477 e. The number of rotatable bonds is 4. The van der Waals surface area contributed by atoms with Gasteiger partial charge in [0.2, 0.25) is 5.88 Å². The maximum Gasteiger partial charge on any atom is 0.421 e. The Kier molecular flexibility index (Phi) is 5.57. The second-order valence-electron chi connectivity index (χ2n) is 6.26. The third-order valence-electron chi connectivity index (χ3n) is 4.44. The number of halogens is 4. The van der Waals surface area contributed by atoms with Gasteiger partial charge in [0.15, 0.2) is 5.82 Å². The lowest BCUT2D eigenvalue weighted by molar-refractivity contribution is -0.139. The fourth-order valence-corrected chi connectivity index (χ4v) is 2.94. The van der Waals surface area contributed by atoms with E-state index in [1.165, 1.54) is 29.4 Å². The normalized spacial score (nSPS) is 15.6. The number of piperidine rings is 1. The molecule has 2 aromatic heterocycles. The van der Waals surface area contributed by atoms with Crippen LogP contribution >= 0.6 is 0 Å². The molecule has 3 rings (SSSR count). The molecule has 2 aromatic rings. The van der Waals surface area contributed by atoms with Gasteiger partial charge in [0, 0.05) is 25.5 Å². The number of pyridine rings is 2. The molecule has 0 atom stereocenters. The number of aromatic nitrogens is 2. The summed E-state index contributed by atoms with van der Waals surface area (Å²) in [5.41, 5.74) is -0.950. The molecule has 27 heavy (non-hydrogen) atoms. The molecule has 1 fully saturated rings. The average molecular weight is 383 g/mol. The van der Waals surface area contributed by atoms with Gasteiger partial charge in [-0.15, -0.1) is 0 Å². The second kappa shape index (κ2) is 7.89. The van der Waals surface area contributed by atoms with Crippen LogP contribution in [0.3, 0.4) is 0 Å². The van der Waals surface area contributed by atoms with Crippen molar-refractivity contribution in [3.8, 4) is 5.88 Å². The predicted octanol–water partition coefficient (Wildman–Crippen LogP) is 3.57. The Morgan fingerprint density at radius 2 is 1.96 bits per heavy atom. The second-order valence-corrected chi connectivity index (χ2v) is 6.26. The van der Waals surface area contributed by atoms with Crippen molar-refractivity contribution in [1.82, 2.24) is 14.9 Å². The van der Waals surface area contributed by atoms with Gasteiger partial charge >= 0.3 is 6.18 Å². The Morgan fingerprint density at radius 3 is 2.63 bits per heavy atom. The molecule has 0 saturated carbocycles. The molecule has 1 aliphatic heterocycles. The van der Waals surface area contributed by atoms with Crippen LogP contribution in [0.25, 0.3) is 0 Å². The van der Waals surface area contributed by atoms with E-state index in [1.54, 1.807) is 0 Å². The highest BCUT2D eigenvalue weighted by atomic mass is 19.4. The zero-order valence-corrected chi connectivity index (χ0v) is 14.2. The summed E-state index contributed by atoms with van der Waals surface area (Å²) in [5, 5.41) is 0. The lowest BCUT2D eigenvalue weighted by Crippen LogP contribution is -2.40. The summed E-state index contributed by atoms with van der Waals surface area (Å²) in [6.07, 6.45) is 0.142. The smallest absolute Gasteiger partial charge is 0.421 e. The van der Waals surface area contributed by atoms with E-state index in [2.05, 4.69) is 9.97 Å². The number of hydrogen-bond acceptors (Lipinski definition) is 4. The Labute approximate surface area is 153 Å². The van der Waals surface area contributed by atoms with Crippen molar-refractivity contribution in [3.63, 3.8) is 0 Å². The van der Waals surface area contributed by atoms with Crippen molar-refractivity contribution in [2.75, 3.05) is 19.7 Å². The van der Waals surface area contributed by atoms with Gasteiger partial charge in [0.05, 0.1) is 18.4 Å². The Balaban J connectivity index is 1.55. The molecule has 9 heteroatoms. The lowest BCUT2D eigenvalue weighted by atomic mass is 9.97. The highest BCUT2D eigenvalue weighted by Crippen LogP contribution is 2.35. The minimum Gasteiger partial charge on any atom is -0.477 e. The van der Waals surface area contributed by atoms with Crippen molar-refractivity contribution in [2.24, 2.45) is 5.92 Å². The first-order chi connectivity index (χ1) is 12.9. The van der Waals surface area contributed by atoms with Crippen LogP contribution in [-0.2, 0) is 6.18 Å². The summed E-state index contributed by atoms with van der Waals surface area (Å²) in [7, 11) is 0. The Morgan fingerprint density at radius 1 is 1.22 bits per heavy atom. The van der Waals surface area contributed by atoms with Crippen LogP contribution in [-0.4, -0.2) is 40.5 Å². The number of amides is 1. The molecule has 5 nitrogen and oxygen atoms in total. The zero-order chi connectivity index (χ0) is 19.4. The molecule has 0 unspecified atom stereocenters. The maximum atomic E-state index is 13.7. The number of nitrogens with zero attached hydrogens (tertiary/aromatic N) is 3. The van der Waals surface area contributed by atoms with E-state index in [0.717, 1.165) is 12.3 Å². The summed E-state index contributed by atoms with van der Waals surface area (Å²) in [6.45, 7) is 0.831. The fourth-order valence-electron chi connectivity index (χ4n) is 2.94. The Hall–Kier alpha value is -2.71. The molecule has 0 aromatic carbocycles. The molecule has 0 bridgehead atoms. The lowest BCUT2D eigenvalue weighted by Gasteiger charge is -2.32. The number of alkyl halides is 3. The van der Waals surface area contributed by atoms with Crippen LogP contribution in [0.5, 0.6) is 5.88 Å². The van der Waals surface area contributed by atoms with Gasteiger partial charge in [0.1, 0.15) is 5.56 Å². The fraction of sp³-hybridized carbons (Fsp3) is 0.389. The van der Waals surface area contributed by atoms with E-state index in [4.69, 9.17) is 4.74 Å². The molecule has 1 amide bonds. The van der Waals surface area contributed by atoms with E-state index in [0.29, 0.717) is 25.9 Å². The van der Waals surface area contributed by atoms with Crippen LogP contribution in [0, 0.1) is 11.7 Å². The molecule has 0 radical (unpaired) electrons. The van der Waals surface area contributed by atoms with Crippen LogP contribution in [0.4, 0.5) is 17.6 Å². The molecule has 0 aliphatic carbocycles. The molecule has 3 heterocycles. The van der Waals surface area contributed by atoms with Crippen molar-refractivity contribution >= 4 is 5.91 Å². The Bertz CT molecular complexity index is 805. The molecule has 1 saturated heterocycles. The number of likely N-dealkylation sites (tertiary alicyclic amines) is 1. The van der Waals surface area contributed by atoms with Gasteiger partial charge in [-0.2, -0.15) is 13.2 Å². The number of carbonyl (C=O) groups excluding carboxylic acids is 1. The monoisotopic (exact) mass is 383 g/mol. The quantitative estimate of drug-likeness (QED) is 0.758. The minimum atomic E-state index is -4.53. The summed E-state index contributed by atoms with van der Waals surface area (Å²) < 4.78 is 57.8. The van der Waals surface area contributed by atoms with E-state index >= 15 is 0 Å². The van der Waals surface area contributed by atoms with E-state index in [9.17, 15) is 22.4 Å².